The molecule has 0 spiro atoms. The van der Waals surface area contributed by atoms with Gasteiger partial charge in [-0.05, 0) is 65.9 Å². The van der Waals surface area contributed by atoms with E-state index in [4.69, 9.17) is 4.74 Å². The summed E-state index contributed by atoms with van der Waals surface area (Å²) >= 11 is 0. The van der Waals surface area contributed by atoms with Gasteiger partial charge >= 0.3 is 12.7 Å². The Labute approximate surface area is 181 Å². The van der Waals surface area contributed by atoms with Crippen LogP contribution >= 0.6 is 0 Å². The third-order valence-corrected chi connectivity index (χ3v) is 4.75. The van der Waals surface area contributed by atoms with Gasteiger partial charge in [0.15, 0.2) is 17.4 Å². The molecule has 0 fully saturated rings. The number of alkyl halides is 4. The highest BCUT2D eigenvalue weighted by atomic mass is 19.3. The highest BCUT2D eigenvalue weighted by molar-refractivity contribution is 5.65. The molecule has 3 aromatic carbocycles. The molecule has 0 aliphatic heterocycles. The maximum absolute atomic E-state index is 14.5. The molecule has 0 amide bonds. The molecular formula is C24H20F6O2. The second-order valence-corrected chi connectivity index (χ2v) is 7.09. The van der Waals surface area contributed by atoms with Crippen molar-refractivity contribution >= 4 is 0 Å². The number of hydrogen-bond acceptors (Lipinski definition) is 2. The molecule has 3 aromatic rings. The third-order valence-electron chi connectivity index (χ3n) is 4.75. The van der Waals surface area contributed by atoms with Gasteiger partial charge in [-0.15, -0.1) is 0 Å². The zero-order valence-corrected chi connectivity index (χ0v) is 17.1. The first-order chi connectivity index (χ1) is 15.2. The number of aryl methyl sites for hydroxylation is 1. The monoisotopic (exact) mass is 454 g/mol. The van der Waals surface area contributed by atoms with E-state index >= 15 is 0 Å². The van der Waals surface area contributed by atoms with Crippen molar-refractivity contribution in [3.8, 4) is 22.6 Å². The second kappa shape index (κ2) is 9.97. The van der Waals surface area contributed by atoms with Crippen LogP contribution in [0.1, 0.15) is 30.9 Å². The summed E-state index contributed by atoms with van der Waals surface area (Å²) in [4.78, 5) is 0. The van der Waals surface area contributed by atoms with Crippen LogP contribution in [0, 0.1) is 11.6 Å². The maximum Gasteiger partial charge on any atom is 0.426 e. The summed E-state index contributed by atoms with van der Waals surface area (Å²) in [7, 11) is 0. The van der Waals surface area contributed by atoms with Crippen LogP contribution in [0.4, 0.5) is 26.3 Å². The van der Waals surface area contributed by atoms with Crippen LogP contribution in [0.2, 0.25) is 0 Å². The van der Waals surface area contributed by atoms with Gasteiger partial charge in [0.25, 0.3) is 0 Å². The Morgan fingerprint density at radius 2 is 1.44 bits per heavy atom. The van der Waals surface area contributed by atoms with Crippen molar-refractivity contribution < 1.29 is 35.8 Å². The van der Waals surface area contributed by atoms with Crippen molar-refractivity contribution in [1.29, 1.82) is 0 Å². The molecule has 0 N–H and O–H groups in total. The van der Waals surface area contributed by atoms with E-state index in [1.165, 1.54) is 36.4 Å². The van der Waals surface area contributed by atoms with Gasteiger partial charge < -0.3 is 9.47 Å². The first-order valence-corrected chi connectivity index (χ1v) is 9.90. The van der Waals surface area contributed by atoms with Gasteiger partial charge in [-0.2, -0.15) is 17.6 Å². The lowest BCUT2D eigenvalue weighted by molar-refractivity contribution is -0.185. The third kappa shape index (κ3) is 5.75. The minimum atomic E-state index is -3.59. The summed E-state index contributed by atoms with van der Waals surface area (Å²) in [6.07, 6.45) is -0.809. The second-order valence-electron chi connectivity index (χ2n) is 7.09. The lowest BCUT2D eigenvalue weighted by Crippen LogP contribution is -2.21. The molecule has 2 nitrogen and oxygen atoms in total. The molecule has 0 atom stereocenters. The molecule has 0 radical (unpaired) electrons. The van der Waals surface area contributed by atoms with Crippen molar-refractivity contribution in [1.82, 2.24) is 0 Å². The SMILES string of the molecule is CCCCc1ccc(C(F)(F)Oc2ccc(-c3cc(F)c(OC(F)F)c(F)c3)cc2)cc1. The van der Waals surface area contributed by atoms with Crippen LogP contribution in [0.3, 0.4) is 0 Å². The first-order valence-electron chi connectivity index (χ1n) is 9.90. The van der Waals surface area contributed by atoms with E-state index in [0.29, 0.717) is 0 Å². The average Bonchev–Trinajstić information content (AvgIpc) is 2.75. The van der Waals surface area contributed by atoms with E-state index in [1.54, 1.807) is 12.1 Å². The molecule has 8 heteroatoms. The highest BCUT2D eigenvalue weighted by Crippen LogP contribution is 2.34. The predicted octanol–water partition coefficient (Wildman–Crippen LogP) is 7.70. The number of rotatable bonds is 9. The Balaban J connectivity index is 1.74. The number of benzene rings is 3. The zero-order valence-electron chi connectivity index (χ0n) is 17.1. The number of unbranched alkanes of at least 4 members (excludes halogenated alkanes) is 1. The molecule has 3 rings (SSSR count). The Kier molecular flexibility index (Phi) is 7.33. The molecule has 0 saturated carbocycles. The lowest BCUT2D eigenvalue weighted by atomic mass is 10.0. The Bertz CT molecular complexity index is 1010. The van der Waals surface area contributed by atoms with E-state index in [0.717, 1.165) is 37.0 Å². The molecule has 0 heterocycles. The molecule has 0 aromatic heterocycles. The van der Waals surface area contributed by atoms with Gasteiger partial charge in [0.2, 0.25) is 0 Å². The zero-order chi connectivity index (χ0) is 23.3. The smallest absolute Gasteiger partial charge is 0.426 e. The van der Waals surface area contributed by atoms with E-state index in [-0.39, 0.29) is 22.4 Å². The van der Waals surface area contributed by atoms with Crippen molar-refractivity contribution in [2.45, 2.75) is 38.9 Å². The van der Waals surface area contributed by atoms with Gasteiger partial charge in [0, 0.05) is 0 Å². The molecule has 170 valence electrons. The fraction of sp³-hybridized carbons (Fsp3) is 0.250. The maximum atomic E-state index is 14.5. The van der Waals surface area contributed by atoms with Crippen LogP contribution < -0.4 is 9.47 Å². The highest BCUT2D eigenvalue weighted by Gasteiger charge is 2.34. The summed E-state index contributed by atoms with van der Waals surface area (Å²) in [5.41, 5.74) is 0.936. The van der Waals surface area contributed by atoms with Crippen LogP contribution in [-0.2, 0) is 12.5 Å². The minimum absolute atomic E-state index is 0.0163. The van der Waals surface area contributed by atoms with Crippen LogP contribution in [0.15, 0.2) is 60.7 Å². The largest absolute Gasteiger partial charge is 0.429 e. The summed E-state index contributed by atoms with van der Waals surface area (Å²) in [6.45, 7) is -1.33. The molecule has 0 unspecified atom stereocenters. The molecule has 32 heavy (non-hydrogen) atoms. The Morgan fingerprint density at radius 1 is 0.844 bits per heavy atom. The van der Waals surface area contributed by atoms with E-state index in [9.17, 15) is 26.3 Å². The van der Waals surface area contributed by atoms with Crippen molar-refractivity contribution in [2.75, 3.05) is 0 Å². The van der Waals surface area contributed by atoms with Crippen LogP contribution in [0.5, 0.6) is 11.5 Å². The van der Waals surface area contributed by atoms with Gasteiger partial charge in [-0.25, -0.2) is 8.78 Å². The molecule has 0 aliphatic rings. The number of halogens is 6. The quantitative estimate of drug-likeness (QED) is 0.309. The van der Waals surface area contributed by atoms with Gasteiger partial charge in [0.05, 0.1) is 5.56 Å². The van der Waals surface area contributed by atoms with Gasteiger partial charge in [-0.3, -0.25) is 0 Å². The predicted molar refractivity (Wildman–Crippen MR) is 108 cm³/mol. The van der Waals surface area contributed by atoms with Crippen LogP contribution in [-0.4, -0.2) is 6.61 Å². The van der Waals surface area contributed by atoms with E-state index in [1.807, 2.05) is 6.92 Å². The fourth-order valence-corrected chi connectivity index (χ4v) is 3.10. The average molecular weight is 454 g/mol. The summed E-state index contributed by atoms with van der Waals surface area (Å²) in [5, 5.41) is 0. The van der Waals surface area contributed by atoms with Crippen molar-refractivity contribution in [3.63, 3.8) is 0 Å². The lowest BCUT2D eigenvalue weighted by Gasteiger charge is -2.19. The van der Waals surface area contributed by atoms with E-state index in [2.05, 4.69) is 4.74 Å². The molecule has 0 bridgehead atoms. The Morgan fingerprint density at radius 3 is 1.97 bits per heavy atom. The fourth-order valence-electron chi connectivity index (χ4n) is 3.10. The number of ether oxygens (including phenoxy) is 2. The summed E-state index contributed by atoms with van der Waals surface area (Å²) < 4.78 is 90.0. The van der Waals surface area contributed by atoms with Gasteiger partial charge in [0.1, 0.15) is 5.75 Å². The normalized spacial score (nSPS) is 11.6. The summed E-state index contributed by atoms with van der Waals surface area (Å²) in [5.74, 6) is -3.97. The molecule has 0 saturated heterocycles. The Hall–Kier alpha value is -3.16. The minimum Gasteiger partial charge on any atom is -0.429 e. The van der Waals surface area contributed by atoms with Crippen molar-refractivity contribution in [2.24, 2.45) is 0 Å². The standard InChI is InChI=1S/C24H20F6O2/c1-2-3-4-15-5-9-18(10-6-15)24(29,30)32-19-11-7-16(8-12-19)17-13-20(25)22(21(26)14-17)31-23(27)28/h5-14,23H,2-4H2,1H3. The number of hydrogen-bond donors (Lipinski definition) is 0. The topological polar surface area (TPSA) is 18.5 Å². The van der Waals surface area contributed by atoms with Crippen LogP contribution in [0.25, 0.3) is 11.1 Å². The first kappa shape index (κ1) is 23.5. The summed E-state index contributed by atoms with van der Waals surface area (Å²) in [6, 6.07) is 12.6. The van der Waals surface area contributed by atoms with E-state index < -0.39 is 30.1 Å². The molecule has 0 aliphatic carbocycles. The van der Waals surface area contributed by atoms with Gasteiger partial charge in [-0.1, -0.05) is 37.6 Å². The molecular weight excluding hydrogens is 434 g/mol. The van der Waals surface area contributed by atoms with Crippen molar-refractivity contribution in [3.05, 3.63) is 83.4 Å².